The second-order valence-electron chi connectivity index (χ2n) is 4.50. The molecule has 0 saturated carbocycles. The van der Waals surface area contributed by atoms with Crippen molar-refractivity contribution in [1.82, 2.24) is 4.31 Å². The summed E-state index contributed by atoms with van der Waals surface area (Å²) in [7, 11) is -3.07. The Balaban J connectivity index is 2.24. The maximum Gasteiger partial charge on any atom is 0.214 e. The van der Waals surface area contributed by atoms with Crippen LogP contribution in [-0.2, 0) is 10.0 Å². The molecule has 3 nitrogen and oxygen atoms in total. The van der Waals surface area contributed by atoms with Gasteiger partial charge in [-0.15, -0.1) is 0 Å². The van der Waals surface area contributed by atoms with Crippen molar-refractivity contribution in [3.05, 3.63) is 35.9 Å². The highest BCUT2D eigenvalue weighted by Gasteiger charge is 2.34. The first kappa shape index (κ1) is 12.6. The first-order valence-electron chi connectivity index (χ1n) is 6.19. The second kappa shape index (κ2) is 5.19. The van der Waals surface area contributed by atoms with Crippen molar-refractivity contribution in [2.75, 3.05) is 12.3 Å². The average molecular weight is 253 g/mol. The molecule has 1 fully saturated rings. The van der Waals surface area contributed by atoms with E-state index in [1.54, 1.807) is 4.31 Å². The summed E-state index contributed by atoms with van der Waals surface area (Å²) in [6, 6.07) is 9.99. The van der Waals surface area contributed by atoms with E-state index in [4.69, 9.17) is 0 Å². The third-order valence-electron chi connectivity index (χ3n) is 3.21. The molecule has 0 amide bonds. The molecule has 0 aliphatic carbocycles. The van der Waals surface area contributed by atoms with E-state index < -0.39 is 10.0 Å². The van der Waals surface area contributed by atoms with Gasteiger partial charge in [0.05, 0.1) is 5.75 Å². The molecule has 1 aliphatic rings. The molecule has 2 rings (SSSR count). The zero-order chi connectivity index (χ0) is 12.3. The second-order valence-corrected chi connectivity index (χ2v) is 6.54. The predicted octanol–water partition coefficient (Wildman–Crippen LogP) is 2.56. The highest BCUT2D eigenvalue weighted by Crippen LogP contribution is 2.34. The SMILES string of the molecule is CCCS(=O)(=O)N1CCCC1c1ccccc1. The zero-order valence-electron chi connectivity index (χ0n) is 10.2. The Morgan fingerprint density at radius 2 is 2.00 bits per heavy atom. The average Bonchev–Trinajstić information content (AvgIpc) is 2.79. The Kier molecular flexibility index (Phi) is 3.84. The molecular weight excluding hydrogens is 234 g/mol. The molecule has 1 unspecified atom stereocenters. The van der Waals surface area contributed by atoms with Crippen molar-refractivity contribution in [2.24, 2.45) is 0 Å². The third kappa shape index (κ3) is 2.69. The van der Waals surface area contributed by atoms with Gasteiger partial charge in [0.25, 0.3) is 0 Å². The van der Waals surface area contributed by atoms with E-state index >= 15 is 0 Å². The van der Waals surface area contributed by atoms with Crippen molar-refractivity contribution in [3.8, 4) is 0 Å². The summed E-state index contributed by atoms with van der Waals surface area (Å²) in [4.78, 5) is 0. The highest BCUT2D eigenvalue weighted by molar-refractivity contribution is 7.89. The molecule has 0 bridgehead atoms. The van der Waals surface area contributed by atoms with Gasteiger partial charge in [0, 0.05) is 12.6 Å². The molecule has 4 heteroatoms. The van der Waals surface area contributed by atoms with Crippen LogP contribution in [0.3, 0.4) is 0 Å². The molecule has 1 saturated heterocycles. The lowest BCUT2D eigenvalue weighted by atomic mass is 10.1. The van der Waals surface area contributed by atoms with Gasteiger partial charge in [-0.1, -0.05) is 37.3 Å². The first-order valence-corrected chi connectivity index (χ1v) is 7.80. The van der Waals surface area contributed by atoms with Gasteiger partial charge in [-0.05, 0) is 24.8 Å². The van der Waals surface area contributed by atoms with Crippen molar-refractivity contribution >= 4 is 10.0 Å². The van der Waals surface area contributed by atoms with Crippen LogP contribution in [-0.4, -0.2) is 25.0 Å². The fourth-order valence-corrected chi connectivity index (χ4v) is 4.23. The van der Waals surface area contributed by atoms with Crippen LogP contribution in [0.4, 0.5) is 0 Å². The van der Waals surface area contributed by atoms with Gasteiger partial charge in [0.15, 0.2) is 0 Å². The van der Waals surface area contributed by atoms with Gasteiger partial charge in [0.2, 0.25) is 10.0 Å². The Morgan fingerprint density at radius 3 is 2.65 bits per heavy atom. The van der Waals surface area contributed by atoms with Gasteiger partial charge in [-0.2, -0.15) is 4.31 Å². The fraction of sp³-hybridized carbons (Fsp3) is 0.538. The van der Waals surface area contributed by atoms with Crippen LogP contribution in [0.1, 0.15) is 37.8 Å². The number of benzene rings is 1. The van der Waals surface area contributed by atoms with Crippen molar-refractivity contribution in [2.45, 2.75) is 32.2 Å². The normalized spacial score (nSPS) is 21.8. The monoisotopic (exact) mass is 253 g/mol. The molecule has 1 aromatic carbocycles. The lowest BCUT2D eigenvalue weighted by molar-refractivity contribution is 0.396. The van der Waals surface area contributed by atoms with Crippen LogP contribution in [0, 0.1) is 0 Å². The lowest BCUT2D eigenvalue weighted by Gasteiger charge is -2.24. The van der Waals surface area contributed by atoms with Crippen LogP contribution < -0.4 is 0 Å². The molecule has 0 N–H and O–H groups in total. The van der Waals surface area contributed by atoms with E-state index in [2.05, 4.69) is 0 Å². The summed E-state index contributed by atoms with van der Waals surface area (Å²) in [6.45, 7) is 2.58. The number of sulfonamides is 1. The van der Waals surface area contributed by atoms with Crippen molar-refractivity contribution in [1.29, 1.82) is 0 Å². The molecular formula is C13H19NO2S. The fourth-order valence-electron chi connectivity index (χ4n) is 2.46. The Bertz CT molecular complexity index is 456. The van der Waals surface area contributed by atoms with Crippen molar-refractivity contribution < 1.29 is 8.42 Å². The maximum atomic E-state index is 12.1. The number of nitrogens with zero attached hydrogens (tertiary/aromatic N) is 1. The quantitative estimate of drug-likeness (QED) is 0.827. The summed E-state index contributed by atoms with van der Waals surface area (Å²) >= 11 is 0. The van der Waals surface area contributed by atoms with Gasteiger partial charge < -0.3 is 0 Å². The van der Waals surface area contributed by atoms with E-state index in [9.17, 15) is 8.42 Å². The van der Waals surface area contributed by atoms with Gasteiger partial charge in [0.1, 0.15) is 0 Å². The molecule has 0 aromatic heterocycles. The van der Waals surface area contributed by atoms with E-state index in [0.29, 0.717) is 13.0 Å². The maximum absolute atomic E-state index is 12.1. The molecule has 94 valence electrons. The Morgan fingerprint density at radius 1 is 1.29 bits per heavy atom. The minimum atomic E-state index is -3.07. The van der Waals surface area contributed by atoms with Gasteiger partial charge in [-0.3, -0.25) is 0 Å². The Hall–Kier alpha value is -0.870. The van der Waals surface area contributed by atoms with Crippen LogP contribution in [0.2, 0.25) is 0 Å². The molecule has 0 spiro atoms. The smallest absolute Gasteiger partial charge is 0.212 e. The first-order chi connectivity index (χ1) is 8.15. The van der Waals surface area contributed by atoms with E-state index in [1.807, 2.05) is 37.3 Å². The molecule has 1 atom stereocenters. The third-order valence-corrected chi connectivity index (χ3v) is 5.28. The van der Waals surface area contributed by atoms with Crippen LogP contribution in [0.5, 0.6) is 0 Å². The van der Waals surface area contributed by atoms with Gasteiger partial charge >= 0.3 is 0 Å². The minimum absolute atomic E-state index is 0.0488. The van der Waals surface area contributed by atoms with Crippen molar-refractivity contribution in [3.63, 3.8) is 0 Å². The molecule has 1 aromatic rings. The van der Waals surface area contributed by atoms with E-state index in [0.717, 1.165) is 18.4 Å². The summed E-state index contributed by atoms with van der Waals surface area (Å²) < 4.78 is 26.0. The van der Waals surface area contributed by atoms with Crippen LogP contribution in [0.25, 0.3) is 0 Å². The van der Waals surface area contributed by atoms with Crippen LogP contribution >= 0.6 is 0 Å². The summed E-state index contributed by atoms with van der Waals surface area (Å²) in [5.74, 6) is 0.260. The molecule has 1 aliphatic heterocycles. The number of hydrogen-bond acceptors (Lipinski definition) is 2. The topological polar surface area (TPSA) is 37.4 Å². The standard InChI is InChI=1S/C13H19NO2S/c1-2-11-17(15,16)14-10-6-9-13(14)12-7-4-3-5-8-12/h3-5,7-8,13H,2,6,9-11H2,1H3. The molecule has 0 radical (unpaired) electrons. The molecule has 1 heterocycles. The van der Waals surface area contributed by atoms with E-state index in [-0.39, 0.29) is 11.8 Å². The molecule has 17 heavy (non-hydrogen) atoms. The highest BCUT2D eigenvalue weighted by atomic mass is 32.2. The largest absolute Gasteiger partial charge is 0.214 e. The summed E-state index contributed by atoms with van der Waals surface area (Å²) in [5.41, 5.74) is 1.12. The Labute approximate surface area is 104 Å². The number of hydrogen-bond donors (Lipinski definition) is 0. The summed E-state index contributed by atoms with van der Waals surface area (Å²) in [5, 5.41) is 0. The summed E-state index contributed by atoms with van der Waals surface area (Å²) in [6.07, 6.45) is 2.58. The van der Waals surface area contributed by atoms with E-state index in [1.165, 1.54) is 0 Å². The van der Waals surface area contributed by atoms with Crippen LogP contribution in [0.15, 0.2) is 30.3 Å². The number of rotatable bonds is 4. The predicted molar refractivity (Wildman–Crippen MR) is 69.2 cm³/mol. The van der Waals surface area contributed by atoms with Gasteiger partial charge in [-0.25, -0.2) is 8.42 Å². The lowest BCUT2D eigenvalue weighted by Crippen LogP contribution is -2.32. The minimum Gasteiger partial charge on any atom is -0.212 e. The zero-order valence-corrected chi connectivity index (χ0v) is 11.0.